The average Bonchev–Trinajstić information content (AvgIpc) is 2.29. The molecular formula is C13H8F2O. The second-order valence-electron chi connectivity index (χ2n) is 3.33. The van der Waals surface area contributed by atoms with Gasteiger partial charge < -0.3 is 0 Å². The Hall–Kier alpha value is -2.03. The molecule has 2 rings (SSSR count). The molecule has 0 saturated carbocycles. The maximum Gasteiger partial charge on any atom is 0.150 e. The van der Waals surface area contributed by atoms with Crippen LogP contribution in [0.5, 0.6) is 0 Å². The zero-order valence-electron chi connectivity index (χ0n) is 8.28. The number of hydrogen-bond donors (Lipinski definition) is 0. The van der Waals surface area contributed by atoms with E-state index in [1.165, 1.54) is 24.3 Å². The van der Waals surface area contributed by atoms with Gasteiger partial charge >= 0.3 is 0 Å². The Labute approximate surface area is 91.3 Å². The SMILES string of the molecule is O=Cc1ccc(F)cc1-c1ccccc1F. The van der Waals surface area contributed by atoms with E-state index in [2.05, 4.69) is 0 Å². The van der Waals surface area contributed by atoms with Gasteiger partial charge in [0.05, 0.1) is 0 Å². The summed E-state index contributed by atoms with van der Waals surface area (Å²) in [5, 5.41) is 0. The first-order chi connectivity index (χ1) is 7.72. The van der Waals surface area contributed by atoms with E-state index in [0.29, 0.717) is 6.29 Å². The minimum Gasteiger partial charge on any atom is -0.298 e. The van der Waals surface area contributed by atoms with Crippen LogP contribution in [0.4, 0.5) is 8.78 Å². The summed E-state index contributed by atoms with van der Waals surface area (Å²) in [6.07, 6.45) is 0.585. The van der Waals surface area contributed by atoms with E-state index in [-0.39, 0.29) is 16.7 Å². The van der Waals surface area contributed by atoms with Crippen LogP contribution in [0.25, 0.3) is 11.1 Å². The second-order valence-corrected chi connectivity index (χ2v) is 3.33. The van der Waals surface area contributed by atoms with Crippen molar-refractivity contribution in [2.75, 3.05) is 0 Å². The number of carbonyl (C=O) groups excluding carboxylic acids is 1. The van der Waals surface area contributed by atoms with Gasteiger partial charge in [-0.3, -0.25) is 4.79 Å². The molecule has 0 aliphatic rings. The van der Waals surface area contributed by atoms with Crippen molar-refractivity contribution >= 4 is 6.29 Å². The molecule has 0 bridgehead atoms. The largest absolute Gasteiger partial charge is 0.298 e. The lowest BCUT2D eigenvalue weighted by molar-refractivity contribution is 0.112. The van der Waals surface area contributed by atoms with Gasteiger partial charge in [0.25, 0.3) is 0 Å². The Morgan fingerprint density at radius 1 is 0.938 bits per heavy atom. The minimum atomic E-state index is -0.496. The molecule has 3 heteroatoms. The Kier molecular flexibility index (Phi) is 2.77. The fourth-order valence-electron chi connectivity index (χ4n) is 1.54. The molecule has 0 N–H and O–H groups in total. The molecule has 0 aromatic heterocycles. The smallest absolute Gasteiger partial charge is 0.150 e. The summed E-state index contributed by atoms with van der Waals surface area (Å²) >= 11 is 0. The molecule has 16 heavy (non-hydrogen) atoms. The van der Waals surface area contributed by atoms with E-state index >= 15 is 0 Å². The van der Waals surface area contributed by atoms with Gasteiger partial charge in [0.15, 0.2) is 6.29 Å². The van der Waals surface area contributed by atoms with Gasteiger partial charge in [0.1, 0.15) is 11.6 Å². The zero-order chi connectivity index (χ0) is 11.5. The van der Waals surface area contributed by atoms with Gasteiger partial charge in [-0.25, -0.2) is 8.78 Å². The molecule has 0 spiro atoms. The number of halogens is 2. The van der Waals surface area contributed by atoms with Crippen molar-refractivity contribution in [2.45, 2.75) is 0 Å². The molecule has 0 saturated heterocycles. The molecule has 80 valence electrons. The monoisotopic (exact) mass is 218 g/mol. The number of benzene rings is 2. The first-order valence-corrected chi connectivity index (χ1v) is 4.72. The van der Waals surface area contributed by atoms with Crippen molar-refractivity contribution in [3.8, 4) is 11.1 Å². The fraction of sp³-hybridized carbons (Fsp3) is 0. The van der Waals surface area contributed by atoms with Gasteiger partial charge in [-0.2, -0.15) is 0 Å². The highest BCUT2D eigenvalue weighted by molar-refractivity contribution is 5.87. The molecule has 0 fully saturated rings. The summed E-state index contributed by atoms with van der Waals surface area (Å²) < 4.78 is 26.5. The maximum absolute atomic E-state index is 13.5. The number of carbonyl (C=O) groups is 1. The molecule has 0 aliphatic carbocycles. The number of aldehydes is 1. The molecule has 0 amide bonds. The summed E-state index contributed by atoms with van der Waals surface area (Å²) in [5.41, 5.74) is 0.767. The van der Waals surface area contributed by atoms with E-state index in [1.54, 1.807) is 12.1 Å². The summed E-state index contributed by atoms with van der Waals surface area (Å²) in [5.74, 6) is -0.972. The molecule has 0 heterocycles. The topological polar surface area (TPSA) is 17.1 Å². The average molecular weight is 218 g/mol. The van der Waals surface area contributed by atoms with Crippen LogP contribution < -0.4 is 0 Å². The molecule has 2 aromatic carbocycles. The molecule has 0 radical (unpaired) electrons. The van der Waals surface area contributed by atoms with Crippen LogP contribution in [-0.2, 0) is 0 Å². The fourth-order valence-corrected chi connectivity index (χ4v) is 1.54. The molecular weight excluding hydrogens is 210 g/mol. The molecule has 0 unspecified atom stereocenters. The van der Waals surface area contributed by atoms with Crippen molar-refractivity contribution < 1.29 is 13.6 Å². The number of rotatable bonds is 2. The Bertz CT molecular complexity index is 535. The quantitative estimate of drug-likeness (QED) is 0.705. The minimum absolute atomic E-state index is 0.226. The van der Waals surface area contributed by atoms with Crippen molar-refractivity contribution in [1.82, 2.24) is 0 Å². The lowest BCUT2D eigenvalue weighted by Crippen LogP contribution is -1.91. The normalized spacial score (nSPS) is 10.1. The zero-order valence-corrected chi connectivity index (χ0v) is 8.28. The van der Waals surface area contributed by atoms with Crippen molar-refractivity contribution in [1.29, 1.82) is 0 Å². The highest BCUT2D eigenvalue weighted by Crippen LogP contribution is 2.26. The Balaban J connectivity index is 2.67. The predicted octanol–water partition coefficient (Wildman–Crippen LogP) is 3.44. The second kappa shape index (κ2) is 4.23. The highest BCUT2D eigenvalue weighted by Gasteiger charge is 2.09. The molecule has 0 atom stereocenters. The van der Waals surface area contributed by atoms with E-state index in [4.69, 9.17) is 0 Å². The van der Waals surface area contributed by atoms with Gasteiger partial charge in [-0.1, -0.05) is 18.2 Å². The standard InChI is InChI=1S/C13H8F2O/c14-10-6-5-9(8-16)12(7-10)11-3-1-2-4-13(11)15/h1-8H. The predicted molar refractivity (Wildman–Crippen MR) is 57.2 cm³/mol. The summed E-state index contributed by atoms with van der Waals surface area (Å²) in [6.45, 7) is 0. The van der Waals surface area contributed by atoms with Crippen LogP contribution in [0.3, 0.4) is 0 Å². The van der Waals surface area contributed by atoms with Crippen molar-refractivity contribution in [3.05, 3.63) is 59.7 Å². The number of hydrogen-bond acceptors (Lipinski definition) is 1. The lowest BCUT2D eigenvalue weighted by Gasteiger charge is -2.06. The van der Waals surface area contributed by atoms with Crippen LogP contribution in [0, 0.1) is 11.6 Å². The van der Waals surface area contributed by atoms with Crippen LogP contribution in [-0.4, -0.2) is 6.29 Å². The maximum atomic E-state index is 13.5. The lowest BCUT2D eigenvalue weighted by atomic mass is 10.00. The van der Waals surface area contributed by atoms with E-state index in [9.17, 15) is 13.6 Å². The Morgan fingerprint density at radius 2 is 1.69 bits per heavy atom. The van der Waals surface area contributed by atoms with E-state index in [1.807, 2.05) is 0 Å². The highest BCUT2D eigenvalue weighted by atomic mass is 19.1. The van der Waals surface area contributed by atoms with Crippen LogP contribution >= 0.6 is 0 Å². The van der Waals surface area contributed by atoms with Crippen LogP contribution in [0.15, 0.2) is 42.5 Å². The van der Waals surface area contributed by atoms with Gasteiger partial charge in [0.2, 0.25) is 0 Å². The Morgan fingerprint density at radius 3 is 2.38 bits per heavy atom. The molecule has 2 aromatic rings. The third kappa shape index (κ3) is 1.84. The third-order valence-electron chi connectivity index (χ3n) is 2.31. The summed E-state index contributed by atoms with van der Waals surface area (Å²) in [6, 6.07) is 9.63. The van der Waals surface area contributed by atoms with Crippen molar-refractivity contribution in [3.63, 3.8) is 0 Å². The van der Waals surface area contributed by atoms with Gasteiger partial charge in [-0.15, -0.1) is 0 Å². The van der Waals surface area contributed by atoms with Crippen LogP contribution in [0.1, 0.15) is 10.4 Å². The van der Waals surface area contributed by atoms with Crippen LogP contribution in [0.2, 0.25) is 0 Å². The van der Waals surface area contributed by atoms with E-state index < -0.39 is 11.6 Å². The summed E-state index contributed by atoms with van der Waals surface area (Å²) in [4.78, 5) is 10.8. The molecule has 0 aliphatic heterocycles. The van der Waals surface area contributed by atoms with Gasteiger partial charge in [-0.05, 0) is 29.8 Å². The first-order valence-electron chi connectivity index (χ1n) is 4.72. The van der Waals surface area contributed by atoms with E-state index in [0.717, 1.165) is 6.07 Å². The third-order valence-corrected chi connectivity index (χ3v) is 2.31. The van der Waals surface area contributed by atoms with Gasteiger partial charge in [0, 0.05) is 11.1 Å². The first kappa shape index (κ1) is 10.5. The molecule has 1 nitrogen and oxygen atoms in total. The summed E-state index contributed by atoms with van der Waals surface area (Å²) in [7, 11) is 0. The van der Waals surface area contributed by atoms with Crippen molar-refractivity contribution in [2.24, 2.45) is 0 Å².